The lowest BCUT2D eigenvalue weighted by Crippen LogP contribution is -2.41. The molecule has 0 unspecified atom stereocenters. The van der Waals surface area contributed by atoms with Gasteiger partial charge in [0.25, 0.3) is 0 Å². The Morgan fingerprint density at radius 2 is 0.679 bits per heavy atom. The van der Waals surface area contributed by atoms with Crippen LogP contribution in [0.4, 0.5) is 0 Å². The summed E-state index contributed by atoms with van der Waals surface area (Å²) in [5.74, 6) is 0. The lowest BCUT2D eigenvalue weighted by Gasteiger charge is -2.32. The van der Waals surface area contributed by atoms with Crippen LogP contribution >= 0.6 is 0 Å². The zero-order valence-electron chi connectivity index (χ0n) is 32.7. The second-order valence-corrected chi connectivity index (χ2v) is 17.8. The van der Waals surface area contributed by atoms with Gasteiger partial charge >= 0.3 is 14.2 Å². The molecule has 4 nitrogen and oxygen atoms in total. The van der Waals surface area contributed by atoms with Crippen molar-refractivity contribution < 1.29 is 18.6 Å². The zero-order chi connectivity index (χ0) is 37.3. The third-order valence-corrected chi connectivity index (χ3v) is 13.2. The molecule has 0 atom stereocenters. The first-order chi connectivity index (χ1) is 25.0. The zero-order valence-corrected chi connectivity index (χ0v) is 32.7. The van der Waals surface area contributed by atoms with Crippen molar-refractivity contribution in [2.24, 2.45) is 0 Å². The maximum absolute atomic E-state index is 6.50. The molecule has 6 heteroatoms. The highest BCUT2D eigenvalue weighted by atomic mass is 16.7. The molecule has 0 N–H and O–H groups in total. The smallest absolute Gasteiger partial charge is 0.399 e. The molecule has 53 heavy (non-hydrogen) atoms. The fourth-order valence-electron chi connectivity index (χ4n) is 8.57. The van der Waals surface area contributed by atoms with Crippen LogP contribution < -0.4 is 10.9 Å². The van der Waals surface area contributed by atoms with Gasteiger partial charge in [0, 0.05) is 5.41 Å². The standard InChI is InChI=1S/C47H48B2O4/c1-43(2)39-27-29(31-23-25-41(37-17-13-11-15-33(31)37)48-50-44(3,4)45(5,6)51-48)19-21-35(39)36-22-20-30(28-40(36)43)32-24-26-42(38-18-14-12-16-34(32)38)49-52-46(7,8)47(9,10)53-49/h11-28H,1-10H3. The topological polar surface area (TPSA) is 36.9 Å². The van der Waals surface area contributed by atoms with E-state index in [-0.39, 0.29) is 5.41 Å². The van der Waals surface area contributed by atoms with Crippen LogP contribution in [0.25, 0.3) is 54.9 Å². The molecule has 9 rings (SSSR count). The van der Waals surface area contributed by atoms with Gasteiger partial charge in [0.15, 0.2) is 0 Å². The molecule has 2 saturated heterocycles. The molecule has 2 aliphatic heterocycles. The SMILES string of the molecule is CC1(C)c2cc(-c3ccc(B4OC(C)(C)C(C)(C)O4)c4ccccc34)ccc2-c2ccc(-c3ccc(B4OC(C)(C)C(C)(C)O4)c4ccccc34)cc21. The predicted octanol–water partition coefficient (Wildman–Crippen LogP) is 10.2. The lowest BCUT2D eigenvalue weighted by molar-refractivity contribution is 0.00578. The summed E-state index contributed by atoms with van der Waals surface area (Å²) in [6.07, 6.45) is 0. The van der Waals surface area contributed by atoms with Gasteiger partial charge in [0.2, 0.25) is 0 Å². The Morgan fingerprint density at radius 3 is 1.04 bits per heavy atom. The highest BCUT2D eigenvalue weighted by Gasteiger charge is 2.53. The minimum absolute atomic E-state index is 0.187. The van der Waals surface area contributed by atoms with Gasteiger partial charge in [-0.25, -0.2) is 0 Å². The molecule has 266 valence electrons. The van der Waals surface area contributed by atoms with Gasteiger partial charge in [-0.3, -0.25) is 0 Å². The summed E-state index contributed by atoms with van der Waals surface area (Å²) in [5, 5.41) is 4.72. The van der Waals surface area contributed by atoms with Crippen LogP contribution in [0.1, 0.15) is 80.4 Å². The summed E-state index contributed by atoms with van der Waals surface area (Å²) in [6, 6.07) is 40.2. The first-order valence-corrected chi connectivity index (χ1v) is 19.0. The second-order valence-electron chi connectivity index (χ2n) is 17.8. The van der Waals surface area contributed by atoms with E-state index in [0.29, 0.717) is 0 Å². The summed E-state index contributed by atoms with van der Waals surface area (Å²) in [5.41, 5.74) is 10.5. The van der Waals surface area contributed by atoms with Crippen LogP contribution in [0, 0.1) is 0 Å². The fourth-order valence-corrected chi connectivity index (χ4v) is 8.57. The molecule has 0 spiro atoms. The maximum atomic E-state index is 6.50. The van der Waals surface area contributed by atoms with Gasteiger partial charge in [0.05, 0.1) is 22.4 Å². The van der Waals surface area contributed by atoms with Crippen LogP contribution in [0.15, 0.2) is 109 Å². The van der Waals surface area contributed by atoms with Crippen LogP contribution in [-0.2, 0) is 24.0 Å². The molecular formula is C47H48B2O4. The van der Waals surface area contributed by atoms with E-state index in [4.69, 9.17) is 18.6 Å². The molecule has 6 aromatic carbocycles. The van der Waals surface area contributed by atoms with Crippen molar-refractivity contribution in [2.75, 3.05) is 0 Å². The molecule has 0 saturated carbocycles. The highest BCUT2D eigenvalue weighted by Crippen LogP contribution is 2.51. The van der Waals surface area contributed by atoms with E-state index in [1.807, 2.05) is 0 Å². The van der Waals surface area contributed by atoms with Crippen LogP contribution in [-0.4, -0.2) is 36.6 Å². The van der Waals surface area contributed by atoms with Crippen molar-refractivity contribution in [3.05, 3.63) is 120 Å². The lowest BCUT2D eigenvalue weighted by atomic mass is 9.74. The monoisotopic (exact) mass is 698 g/mol. The van der Waals surface area contributed by atoms with Crippen LogP contribution in [0.2, 0.25) is 0 Å². The van der Waals surface area contributed by atoms with Crippen molar-refractivity contribution in [1.29, 1.82) is 0 Å². The molecule has 0 aromatic heterocycles. The summed E-state index contributed by atoms with van der Waals surface area (Å²) in [7, 11) is -0.836. The van der Waals surface area contributed by atoms with Gasteiger partial charge in [-0.1, -0.05) is 111 Å². The summed E-state index contributed by atoms with van der Waals surface area (Å²) >= 11 is 0. The van der Waals surface area contributed by atoms with E-state index >= 15 is 0 Å². The molecule has 2 fully saturated rings. The van der Waals surface area contributed by atoms with Gasteiger partial charge in [0.1, 0.15) is 0 Å². The quantitative estimate of drug-likeness (QED) is 0.172. The minimum Gasteiger partial charge on any atom is -0.399 e. The average Bonchev–Trinajstić information content (AvgIpc) is 3.59. The van der Waals surface area contributed by atoms with E-state index in [1.54, 1.807) is 0 Å². The Labute approximate surface area is 315 Å². The van der Waals surface area contributed by atoms with Gasteiger partial charge < -0.3 is 18.6 Å². The van der Waals surface area contributed by atoms with E-state index in [0.717, 1.165) is 21.7 Å². The molecule has 6 aromatic rings. The van der Waals surface area contributed by atoms with E-state index < -0.39 is 36.6 Å². The Kier molecular flexibility index (Phi) is 7.44. The minimum atomic E-state index is -0.418. The Bertz CT molecular complexity index is 2270. The molecule has 3 aliphatic rings. The van der Waals surface area contributed by atoms with Crippen molar-refractivity contribution in [3.8, 4) is 33.4 Å². The maximum Gasteiger partial charge on any atom is 0.495 e. The summed E-state index contributed by atoms with van der Waals surface area (Å²) < 4.78 is 26.0. The second kappa shape index (κ2) is 11.4. The van der Waals surface area contributed by atoms with Crippen LogP contribution in [0.5, 0.6) is 0 Å². The Balaban J connectivity index is 1.09. The Hall–Kier alpha value is -4.19. The number of hydrogen-bond donors (Lipinski definition) is 0. The van der Waals surface area contributed by atoms with Crippen molar-refractivity contribution in [3.63, 3.8) is 0 Å². The van der Waals surface area contributed by atoms with E-state index in [9.17, 15) is 0 Å². The third kappa shape index (κ3) is 5.13. The molecule has 0 radical (unpaired) electrons. The largest absolute Gasteiger partial charge is 0.495 e. The highest BCUT2D eigenvalue weighted by molar-refractivity contribution is 6.66. The van der Waals surface area contributed by atoms with Gasteiger partial charge in [-0.2, -0.15) is 0 Å². The molecule has 1 aliphatic carbocycles. The van der Waals surface area contributed by atoms with Crippen molar-refractivity contribution in [2.45, 2.75) is 97.1 Å². The predicted molar refractivity (Wildman–Crippen MR) is 221 cm³/mol. The normalized spacial score (nSPS) is 20.3. The van der Waals surface area contributed by atoms with E-state index in [1.165, 1.54) is 55.3 Å². The number of rotatable bonds is 4. The molecular weight excluding hydrogens is 650 g/mol. The third-order valence-electron chi connectivity index (χ3n) is 13.2. The van der Waals surface area contributed by atoms with Crippen molar-refractivity contribution in [1.82, 2.24) is 0 Å². The number of fused-ring (bicyclic) bond motifs is 5. The number of hydrogen-bond acceptors (Lipinski definition) is 4. The fraction of sp³-hybridized carbons (Fsp3) is 0.319. The molecule has 2 heterocycles. The first kappa shape index (κ1) is 34.6. The Morgan fingerprint density at radius 1 is 0.358 bits per heavy atom. The summed E-state index contributed by atoms with van der Waals surface area (Å²) in [6.45, 7) is 21.6. The van der Waals surface area contributed by atoms with Crippen LogP contribution in [0.3, 0.4) is 0 Å². The molecule has 0 bridgehead atoms. The van der Waals surface area contributed by atoms with Gasteiger partial charge in [-0.05, 0) is 145 Å². The van der Waals surface area contributed by atoms with Crippen molar-refractivity contribution >= 4 is 46.7 Å². The molecule has 0 amide bonds. The van der Waals surface area contributed by atoms with E-state index in [2.05, 4.69) is 178 Å². The first-order valence-electron chi connectivity index (χ1n) is 19.0. The van der Waals surface area contributed by atoms with Gasteiger partial charge in [-0.15, -0.1) is 0 Å². The number of benzene rings is 6. The average molecular weight is 699 g/mol. The summed E-state index contributed by atoms with van der Waals surface area (Å²) in [4.78, 5) is 0.